The van der Waals surface area contributed by atoms with Gasteiger partial charge in [0.25, 0.3) is 0 Å². The first kappa shape index (κ1) is 14.9. The van der Waals surface area contributed by atoms with E-state index in [1.807, 2.05) is 25.1 Å². The van der Waals surface area contributed by atoms with E-state index in [9.17, 15) is 0 Å². The largest absolute Gasteiger partial charge is 0.489 e. The Labute approximate surface area is 125 Å². The number of aryl methyl sites for hydroxylation is 2. The summed E-state index contributed by atoms with van der Waals surface area (Å²) in [4.78, 5) is 0. The highest BCUT2D eigenvalue weighted by Gasteiger charge is 2.17. The Morgan fingerprint density at radius 3 is 2.45 bits per heavy atom. The van der Waals surface area contributed by atoms with Crippen molar-refractivity contribution in [3.05, 3.63) is 64.2 Å². The van der Waals surface area contributed by atoms with E-state index in [0.29, 0.717) is 5.02 Å². The Hall–Kier alpha value is -1.51. The van der Waals surface area contributed by atoms with Gasteiger partial charge in [-0.15, -0.1) is 0 Å². The van der Waals surface area contributed by atoms with Gasteiger partial charge in [0.15, 0.2) is 0 Å². The maximum atomic E-state index is 6.29. The van der Waals surface area contributed by atoms with Crippen LogP contribution in [0.4, 0.5) is 0 Å². The molecule has 2 aromatic carbocycles. The summed E-state index contributed by atoms with van der Waals surface area (Å²) in [5.74, 6) is 0.740. The van der Waals surface area contributed by atoms with Gasteiger partial charge in [-0.2, -0.15) is 0 Å². The van der Waals surface area contributed by atoms with Crippen molar-refractivity contribution in [1.82, 2.24) is 0 Å². The number of hydrogen-bond donors (Lipinski definition) is 1. The lowest BCUT2D eigenvalue weighted by atomic mass is 9.99. The van der Waals surface area contributed by atoms with Crippen molar-refractivity contribution in [2.45, 2.75) is 32.9 Å². The zero-order chi connectivity index (χ0) is 14.7. The molecular weight excluding hydrogens is 270 g/mol. The van der Waals surface area contributed by atoms with E-state index >= 15 is 0 Å². The molecule has 2 nitrogen and oxygen atoms in total. The molecule has 0 saturated carbocycles. The minimum atomic E-state index is -0.173. The van der Waals surface area contributed by atoms with E-state index in [1.54, 1.807) is 6.07 Å². The Bertz CT molecular complexity index is 597. The standard InChI is InChI=1S/C17H20ClNO/c1-11-7-8-14(9-12(11)2)17(19)13(3)20-16-6-4-5-15(18)10-16/h4-10,13,17H,19H2,1-3H3. The molecule has 0 radical (unpaired) electrons. The SMILES string of the molecule is Cc1ccc(C(N)C(C)Oc2cccc(Cl)c2)cc1C. The van der Waals surface area contributed by atoms with Crippen molar-refractivity contribution in [3.8, 4) is 5.75 Å². The summed E-state index contributed by atoms with van der Waals surface area (Å²) < 4.78 is 5.87. The fourth-order valence-corrected chi connectivity index (χ4v) is 2.25. The van der Waals surface area contributed by atoms with Crippen molar-refractivity contribution in [2.24, 2.45) is 5.73 Å². The second-order valence-electron chi connectivity index (χ2n) is 5.15. The van der Waals surface area contributed by atoms with Gasteiger partial charge < -0.3 is 10.5 Å². The van der Waals surface area contributed by atoms with Crippen LogP contribution in [0, 0.1) is 13.8 Å². The number of benzene rings is 2. The summed E-state index contributed by atoms with van der Waals surface area (Å²) in [6.07, 6.45) is -0.129. The highest BCUT2D eigenvalue weighted by molar-refractivity contribution is 6.30. The second-order valence-corrected chi connectivity index (χ2v) is 5.59. The molecule has 2 N–H and O–H groups in total. The zero-order valence-corrected chi connectivity index (χ0v) is 12.8. The number of hydrogen-bond acceptors (Lipinski definition) is 2. The first-order valence-electron chi connectivity index (χ1n) is 6.72. The van der Waals surface area contributed by atoms with Crippen LogP contribution in [-0.4, -0.2) is 6.10 Å². The molecule has 0 aliphatic carbocycles. The minimum absolute atomic E-state index is 0.129. The summed E-state index contributed by atoms with van der Waals surface area (Å²) in [7, 11) is 0. The smallest absolute Gasteiger partial charge is 0.121 e. The Balaban J connectivity index is 2.11. The molecule has 2 aromatic rings. The molecular formula is C17H20ClNO. The fourth-order valence-electron chi connectivity index (χ4n) is 2.07. The molecule has 106 valence electrons. The molecule has 0 aliphatic rings. The first-order chi connectivity index (χ1) is 9.47. The number of nitrogens with two attached hydrogens (primary N) is 1. The third-order valence-electron chi connectivity index (χ3n) is 3.54. The molecule has 2 unspecified atom stereocenters. The van der Waals surface area contributed by atoms with E-state index in [-0.39, 0.29) is 12.1 Å². The van der Waals surface area contributed by atoms with Crippen LogP contribution in [0.25, 0.3) is 0 Å². The molecule has 0 spiro atoms. The van der Waals surface area contributed by atoms with Crippen LogP contribution >= 0.6 is 11.6 Å². The van der Waals surface area contributed by atoms with Crippen LogP contribution in [0.3, 0.4) is 0 Å². The van der Waals surface area contributed by atoms with E-state index in [0.717, 1.165) is 11.3 Å². The first-order valence-corrected chi connectivity index (χ1v) is 7.10. The predicted octanol–water partition coefficient (Wildman–Crippen LogP) is 4.42. The van der Waals surface area contributed by atoms with Crippen molar-refractivity contribution in [3.63, 3.8) is 0 Å². The van der Waals surface area contributed by atoms with Gasteiger partial charge in [0.2, 0.25) is 0 Å². The number of rotatable bonds is 4. The molecule has 0 fully saturated rings. The van der Waals surface area contributed by atoms with Crippen molar-refractivity contribution in [2.75, 3.05) is 0 Å². The summed E-state index contributed by atoms with van der Waals surface area (Å²) in [5.41, 5.74) is 9.88. The molecule has 0 aromatic heterocycles. The van der Waals surface area contributed by atoms with Gasteiger partial charge in [-0.05, 0) is 55.7 Å². The van der Waals surface area contributed by atoms with Crippen molar-refractivity contribution >= 4 is 11.6 Å². The molecule has 0 amide bonds. The lowest BCUT2D eigenvalue weighted by molar-refractivity contribution is 0.190. The normalized spacial score (nSPS) is 13.8. The van der Waals surface area contributed by atoms with E-state index < -0.39 is 0 Å². The quantitative estimate of drug-likeness (QED) is 0.904. The maximum absolute atomic E-state index is 6.29. The average molecular weight is 290 g/mol. The molecule has 0 heterocycles. The average Bonchev–Trinajstić information content (AvgIpc) is 2.41. The Morgan fingerprint density at radius 1 is 1.05 bits per heavy atom. The van der Waals surface area contributed by atoms with Gasteiger partial charge in [0, 0.05) is 5.02 Å². The van der Waals surface area contributed by atoms with Gasteiger partial charge in [-0.25, -0.2) is 0 Å². The summed E-state index contributed by atoms with van der Waals surface area (Å²) in [6.45, 7) is 6.16. The van der Waals surface area contributed by atoms with E-state index in [1.165, 1.54) is 11.1 Å². The van der Waals surface area contributed by atoms with Gasteiger partial charge in [0.05, 0.1) is 6.04 Å². The van der Waals surface area contributed by atoms with E-state index in [4.69, 9.17) is 22.1 Å². The molecule has 0 aliphatic heterocycles. The highest BCUT2D eigenvalue weighted by Crippen LogP contribution is 2.23. The molecule has 0 bridgehead atoms. The van der Waals surface area contributed by atoms with Crippen LogP contribution in [0.2, 0.25) is 5.02 Å². The van der Waals surface area contributed by atoms with Crippen LogP contribution < -0.4 is 10.5 Å². The minimum Gasteiger partial charge on any atom is -0.489 e. The Kier molecular flexibility index (Phi) is 4.69. The summed E-state index contributed by atoms with van der Waals surface area (Å²) in [5, 5.41) is 0.662. The fraction of sp³-hybridized carbons (Fsp3) is 0.294. The van der Waals surface area contributed by atoms with Gasteiger partial charge in [-0.1, -0.05) is 35.9 Å². The van der Waals surface area contributed by atoms with Crippen molar-refractivity contribution < 1.29 is 4.74 Å². The summed E-state index contributed by atoms with van der Waals surface area (Å²) >= 11 is 5.95. The lowest BCUT2D eigenvalue weighted by Crippen LogP contribution is -2.28. The van der Waals surface area contributed by atoms with E-state index in [2.05, 4.69) is 32.0 Å². The highest BCUT2D eigenvalue weighted by atomic mass is 35.5. The molecule has 3 heteroatoms. The van der Waals surface area contributed by atoms with Gasteiger partial charge in [0.1, 0.15) is 11.9 Å². The van der Waals surface area contributed by atoms with Crippen molar-refractivity contribution in [1.29, 1.82) is 0 Å². The maximum Gasteiger partial charge on any atom is 0.121 e. The van der Waals surface area contributed by atoms with Gasteiger partial charge >= 0.3 is 0 Å². The molecule has 2 atom stereocenters. The number of ether oxygens (including phenoxy) is 1. The molecule has 20 heavy (non-hydrogen) atoms. The second kappa shape index (κ2) is 6.29. The topological polar surface area (TPSA) is 35.2 Å². The van der Waals surface area contributed by atoms with Gasteiger partial charge in [-0.3, -0.25) is 0 Å². The molecule has 2 rings (SSSR count). The third-order valence-corrected chi connectivity index (χ3v) is 3.77. The summed E-state index contributed by atoms with van der Waals surface area (Å²) in [6, 6.07) is 13.5. The van der Waals surface area contributed by atoms with Crippen LogP contribution in [0.15, 0.2) is 42.5 Å². The zero-order valence-electron chi connectivity index (χ0n) is 12.1. The van der Waals surface area contributed by atoms with Crippen LogP contribution in [0.5, 0.6) is 5.75 Å². The monoisotopic (exact) mass is 289 g/mol. The Morgan fingerprint density at radius 2 is 1.80 bits per heavy atom. The predicted molar refractivity (Wildman–Crippen MR) is 84.4 cm³/mol. The van der Waals surface area contributed by atoms with Crippen LogP contribution in [0.1, 0.15) is 29.7 Å². The third kappa shape index (κ3) is 3.53. The lowest BCUT2D eigenvalue weighted by Gasteiger charge is -2.22. The van der Waals surface area contributed by atoms with Crippen LogP contribution in [-0.2, 0) is 0 Å². The molecule has 0 saturated heterocycles. The number of halogens is 1.